The first-order valence-corrected chi connectivity index (χ1v) is 6.25. The van der Waals surface area contributed by atoms with Gasteiger partial charge in [-0.15, -0.1) is 0 Å². The van der Waals surface area contributed by atoms with Gasteiger partial charge in [0.1, 0.15) is 0 Å². The average molecular weight is 281 g/mol. The summed E-state index contributed by atoms with van der Waals surface area (Å²) < 4.78 is 4.67. The van der Waals surface area contributed by atoms with Crippen LogP contribution in [0.3, 0.4) is 0 Å². The van der Waals surface area contributed by atoms with Gasteiger partial charge in [0.15, 0.2) is 11.6 Å². The summed E-state index contributed by atoms with van der Waals surface area (Å²) in [7, 11) is 1.22. The topological polar surface area (TPSA) is 86.5 Å². The van der Waals surface area contributed by atoms with Crippen LogP contribution < -0.4 is 5.73 Å². The second-order valence-electron chi connectivity index (χ2n) is 4.65. The summed E-state index contributed by atoms with van der Waals surface area (Å²) >= 11 is 0. The zero-order chi connectivity index (χ0) is 15.1. The van der Waals surface area contributed by atoms with Crippen molar-refractivity contribution in [3.05, 3.63) is 64.2 Å². The number of rotatable bonds is 1. The molecule has 5 heteroatoms. The van der Waals surface area contributed by atoms with Gasteiger partial charge in [-0.1, -0.05) is 24.3 Å². The number of methoxy groups -OCH3 is 1. The minimum Gasteiger partial charge on any atom is -0.465 e. The molecule has 2 aromatic carbocycles. The molecule has 2 aromatic rings. The lowest BCUT2D eigenvalue weighted by molar-refractivity contribution is 0.0597. The Hall–Kier alpha value is -2.95. The van der Waals surface area contributed by atoms with Crippen LogP contribution in [0.5, 0.6) is 0 Å². The molecular weight excluding hydrogens is 270 g/mol. The van der Waals surface area contributed by atoms with Crippen LogP contribution in [0.25, 0.3) is 0 Å². The Morgan fingerprint density at radius 3 is 2.24 bits per heavy atom. The fourth-order valence-electron chi connectivity index (χ4n) is 2.55. The maximum atomic E-state index is 12.7. The molecule has 0 unspecified atom stereocenters. The van der Waals surface area contributed by atoms with E-state index in [1.54, 1.807) is 24.3 Å². The first-order chi connectivity index (χ1) is 10.1. The summed E-state index contributed by atoms with van der Waals surface area (Å²) in [5.41, 5.74) is 6.77. The van der Waals surface area contributed by atoms with E-state index in [-0.39, 0.29) is 39.3 Å². The number of hydrogen-bond donors (Lipinski definition) is 1. The summed E-state index contributed by atoms with van der Waals surface area (Å²) in [5, 5.41) is 0. The molecule has 0 bridgehead atoms. The van der Waals surface area contributed by atoms with E-state index in [1.165, 1.54) is 19.2 Å². The predicted molar refractivity (Wildman–Crippen MR) is 75.5 cm³/mol. The van der Waals surface area contributed by atoms with Crippen LogP contribution in [-0.2, 0) is 4.74 Å². The minimum atomic E-state index is -0.661. The lowest BCUT2D eigenvalue weighted by Gasteiger charge is -2.20. The number of benzene rings is 2. The monoisotopic (exact) mass is 281 g/mol. The van der Waals surface area contributed by atoms with Crippen molar-refractivity contribution in [2.45, 2.75) is 0 Å². The summed E-state index contributed by atoms with van der Waals surface area (Å²) in [6.45, 7) is 0. The maximum Gasteiger partial charge on any atom is 0.338 e. The second kappa shape index (κ2) is 4.56. The Morgan fingerprint density at radius 1 is 0.952 bits per heavy atom. The van der Waals surface area contributed by atoms with Crippen molar-refractivity contribution in [1.29, 1.82) is 0 Å². The zero-order valence-corrected chi connectivity index (χ0v) is 11.2. The first-order valence-electron chi connectivity index (χ1n) is 6.25. The molecular formula is C16H11NO4. The molecule has 2 N–H and O–H groups in total. The summed E-state index contributed by atoms with van der Waals surface area (Å²) in [4.78, 5) is 37.0. The fourth-order valence-corrected chi connectivity index (χ4v) is 2.55. The lowest BCUT2D eigenvalue weighted by Crippen LogP contribution is -2.25. The van der Waals surface area contributed by atoms with E-state index in [0.29, 0.717) is 0 Å². The van der Waals surface area contributed by atoms with Crippen LogP contribution in [0, 0.1) is 0 Å². The van der Waals surface area contributed by atoms with Gasteiger partial charge in [0.2, 0.25) is 0 Å². The van der Waals surface area contributed by atoms with Gasteiger partial charge in [-0.25, -0.2) is 4.79 Å². The van der Waals surface area contributed by atoms with Crippen LogP contribution in [0.15, 0.2) is 36.4 Å². The molecule has 0 spiro atoms. The first kappa shape index (κ1) is 13.1. The highest BCUT2D eigenvalue weighted by Crippen LogP contribution is 2.32. The Kier molecular flexibility index (Phi) is 2.83. The largest absolute Gasteiger partial charge is 0.465 e. The van der Waals surface area contributed by atoms with E-state index in [2.05, 4.69) is 4.74 Å². The van der Waals surface area contributed by atoms with Crippen molar-refractivity contribution in [3.63, 3.8) is 0 Å². The van der Waals surface area contributed by atoms with Gasteiger partial charge in [0.25, 0.3) is 0 Å². The molecule has 1 aliphatic carbocycles. The molecule has 5 nitrogen and oxygen atoms in total. The van der Waals surface area contributed by atoms with E-state index >= 15 is 0 Å². The van der Waals surface area contributed by atoms with Crippen molar-refractivity contribution in [3.8, 4) is 0 Å². The number of carbonyl (C=O) groups excluding carboxylic acids is 3. The summed E-state index contributed by atoms with van der Waals surface area (Å²) in [6.07, 6.45) is 0. The predicted octanol–water partition coefficient (Wildman–Crippen LogP) is 1.83. The van der Waals surface area contributed by atoms with Crippen molar-refractivity contribution in [2.75, 3.05) is 12.8 Å². The van der Waals surface area contributed by atoms with Crippen molar-refractivity contribution in [2.24, 2.45) is 0 Å². The molecule has 104 valence electrons. The van der Waals surface area contributed by atoms with Gasteiger partial charge in [0, 0.05) is 22.4 Å². The van der Waals surface area contributed by atoms with Crippen LogP contribution in [0.2, 0.25) is 0 Å². The Morgan fingerprint density at radius 2 is 1.57 bits per heavy atom. The number of carbonyl (C=O) groups is 3. The molecule has 0 saturated carbocycles. The number of fused-ring (bicyclic) bond motifs is 2. The van der Waals surface area contributed by atoms with E-state index < -0.39 is 11.8 Å². The maximum absolute atomic E-state index is 12.7. The highest BCUT2D eigenvalue weighted by molar-refractivity contribution is 6.32. The molecule has 0 saturated heterocycles. The van der Waals surface area contributed by atoms with Crippen molar-refractivity contribution >= 4 is 23.2 Å². The number of nitrogen functional groups attached to an aromatic ring is 1. The SMILES string of the molecule is COC(=O)c1cccc2c1C(=O)c1c(N)cccc1C2=O. The van der Waals surface area contributed by atoms with E-state index in [1.807, 2.05) is 0 Å². The Labute approximate surface area is 120 Å². The molecule has 0 amide bonds. The van der Waals surface area contributed by atoms with Gasteiger partial charge < -0.3 is 10.5 Å². The Balaban J connectivity index is 2.34. The van der Waals surface area contributed by atoms with E-state index in [4.69, 9.17) is 5.73 Å². The van der Waals surface area contributed by atoms with Crippen molar-refractivity contribution < 1.29 is 19.1 Å². The lowest BCUT2D eigenvalue weighted by atomic mass is 9.81. The quantitative estimate of drug-likeness (QED) is 0.543. The highest BCUT2D eigenvalue weighted by atomic mass is 16.5. The highest BCUT2D eigenvalue weighted by Gasteiger charge is 2.34. The normalized spacial score (nSPS) is 12.6. The van der Waals surface area contributed by atoms with Gasteiger partial charge in [-0.2, -0.15) is 0 Å². The third-order valence-electron chi connectivity index (χ3n) is 3.51. The molecule has 0 radical (unpaired) electrons. The van der Waals surface area contributed by atoms with Crippen molar-refractivity contribution in [1.82, 2.24) is 0 Å². The molecule has 1 aliphatic rings. The number of nitrogens with two attached hydrogens (primary N) is 1. The molecule has 3 rings (SSSR count). The number of anilines is 1. The third kappa shape index (κ3) is 1.74. The standard InChI is InChI=1S/C16H11NO4/c1-21-16(20)10-6-2-4-8-12(10)15(19)13-9(14(8)18)5-3-7-11(13)17/h2-7H,17H2,1H3. The molecule has 0 atom stereocenters. The van der Waals surface area contributed by atoms with E-state index in [0.717, 1.165) is 0 Å². The number of esters is 1. The summed E-state index contributed by atoms with van der Waals surface area (Å²) in [6, 6.07) is 9.26. The Bertz CT molecular complexity index is 808. The van der Waals surface area contributed by atoms with E-state index in [9.17, 15) is 14.4 Å². The third-order valence-corrected chi connectivity index (χ3v) is 3.51. The molecule has 0 aliphatic heterocycles. The van der Waals surface area contributed by atoms with Gasteiger partial charge >= 0.3 is 5.97 Å². The zero-order valence-electron chi connectivity index (χ0n) is 11.2. The molecule has 0 aromatic heterocycles. The molecule has 0 fully saturated rings. The smallest absolute Gasteiger partial charge is 0.338 e. The van der Waals surface area contributed by atoms with Crippen LogP contribution in [0.1, 0.15) is 42.2 Å². The average Bonchev–Trinajstić information content (AvgIpc) is 2.51. The van der Waals surface area contributed by atoms with Crippen LogP contribution in [0.4, 0.5) is 5.69 Å². The molecule has 0 heterocycles. The second-order valence-corrected chi connectivity index (χ2v) is 4.65. The fraction of sp³-hybridized carbons (Fsp3) is 0.0625. The number of ketones is 2. The summed E-state index contributed by atoms with van der Waals surface area (Å²) in [5.74, 6) is -1.41. The molecule has 21 heavy (non-hydrogen) atoms. The van der Waals surface area contributed by atoms with Gasteiger partial charge in [-0.05, 0) is 12.1 Å². The van der Waals surface area contributed by atoms with Crippen LogP contribution in [-0.4, -0.2) is 24.6 Å². The number of hydrogen-bond acceptors (Lipinski definition) is 5. The number of ether oxygens (including phenoxy) is 1. The minimum absolute atomic E-state index is 0.0553. The van der Waals surface area contributed by atoms with Crippen LogP contribution >= 0.6 is 0 Å². The van der Waals surface area contributed by atoms with Gasteiger partial charge in [0.05, 0.1) is 18.2 Å². The van der Waals surface area contributed by atoms with Gasteiger partial charge in [-0.3, -0.25) is 9.59 Å².